The van der Waals surface area contributed by atoms with Crippen molar-refractivity contribution in [1.82, 2.24) is 20.1 Å². The molecule has 0 amide bonds. The molecule has 0 saturated carbocycles. The highest BCUT2D eigenvalue weighted by Crippen LogP contribution is 2.31. The number of rotatable bonds is 9. The van der Waals surface area contributed by atoms with Gasteiger partial charge in [-0.15, -0.1) is 0 Å². The SMILES string of the molecule is C=C/C(=C\C(=C/C)c1ccc2[nH]nc(C(=C)Nc3cccc(-c4ccc(F)cc4)c3C)c2n1)CN1CCCCC1. The van der Waals surface area contributed by atoms with E-state index in [1.165, 1.54) is 37.0 Å². The lowest BCUT2D eigenvalue weighted by molar-refractivity contribution is 0.248. The molecule has 1 aliphatic rings. The van der Waals surface area contributed by atoms with Gasteiger partial charge in [-0.2, -0.15) is 5.10 Å². The van der Waals surface area contributed by atoms with Crippen LogP contribution in [0.3, 0.4) is 0 Å². The Balaban J connectivity index is 1.40. The van der Waals surface area contributed by atoms with Gasteiger partial charge in [0.15, 0.2) is 0 Å². The number of aromatic nitrogens is 3. The second-order valence-corrected chi connectivity index (χ2v) is 10.3. The zero-order valence-electron chi connectivity index (χ0n) is 23.3. The molecule has 0 aliphatic carbocycles. The van der Waals surface area contributed by atoms with Crippen LogP contribution in [-0.4, -0.2) is 39.7 Å². The molecule has 204 valence electrons. The number of H-pyrrole nitrogens is 1. The van der Waals surface area contributed by atoms with Crippen LogP contribution < -0.4 is 5.32 Å². The summed E-state index contributed by atoms with van der Waals surface area (Å²) >= 11 is 0. The smallest absolute Gasteiger partial charge is 0.134 e. The summed E-state index contributed by atoms with van der Waals surface area (Å²) in [6, 6.07) is 16.6. The van der Waals surface area contributed by atoms with Crippen molar-refractivity contribution in [3.05, 3.63) is 114 Å². The van der Waals surface area contributed by atoms with Crippen molar-refractivity contribution in [1.29, 1.82) is 0 Å². The first-order chi connectivity index (χ1) is 19.5. The zero-order valence-corrected chi connectivity index (χ0v) is 23.3. The summed E-state index contributed by atoms with van der Waals surface area (Å²) in [7, 11) is 0. The minimum absolute atomic E-state index is 0.249. The molecule has 1 saturated heterocycles. The summed E-state index contributed by atoms with van der Waals surface area (Å²) in [6.45, 7) is 15.6. The van der Waals surface area contributed by atoms with E-state index in [9.17, 15) is 4.39 Å². The number of halogens is 1. The molecular formula is C34H36FN5. The van der Waals surface area contributed by atoms with Gasteiger partial charge in [0.1, 0.15) is 17.0 Å². The number of hydrogen-bond acceptors (Lipinski definition) is 4. The second-order valence-electron chi connectivity index (χ2n) is 10.3. The lowest BCUT2D eigenvalue weighted by Gasteiger charge is -2.26. The van der Waals surface area contributed by atoms with Gasteiger partial charge in [-0.1, -0.05) is 56.0 Å². The molecule has 0 spiro atoms. The predicted molar refractivity (Wildman–Crippen MR) is 165 cm³/mol. The predicted octanol–water partition coefficient (Wildman–Crippen LogP) is 8.16. The fourth-order valence-corrected chi connectivity index (χ4v) is 5.25. The van der Waals surface area contributed by atoms with Gasteiger partial charge in [-0.05, 0) is 104 Å². The first-order valence-electron chi connectivity index (χ1n) is 13.9. The van der Waals surface area contributed by atoms with E-state index in [2.05, 4.69) is 45.7 Å². The molecule has 2 aromatic heterocycles. The summed E-state index contributed by atoms with van der Waals surface area (Å²) in [5, 5.41) is 11.1. The van der Waals surface area contributed by atoms with E-state index >= 15 is 0 Å². The molecule has 2 aromatic carbocycles. The number of benzene rings is 2. The van der Waals surface area contributed by atoms with Crippen LogP contribution >= 0.6 is 0 Å². The quantitative estimate of drug-likeness (QED) is 0.213. The number of nitrogens with zero attached hydrogens (tertiary/aromatic N) is 3. The van der Waals surface area contributed by atoms with Gasteiger partial charge >= 0.3 is 0 Å². The molecule has 0 radical (unpaired) electrons. The zero-order chi connectivity index (χ0) is 28.1. The number of hydrogen-bond donors (Lipinski definition) is 2. The molecule has 1 aliphatic heterocycles. The van der Waals surface area contributed by atoms with Crippen molar-refractivity contribution in [2.75, 3.05) is 25.0 Å². The van der Waals surface area contributed by atoms with E-state index < -0.39 is 0 Å². The Labute approximate surface area is 235 Å². The fourth-order valence-electron chi connectivity index (χ4n) is 5.25. The van der Waals surface area contributed by atoms with Crippen molar-refractivity contribution in [3.8, 4) is 11.1 Å². The number of pyridine rings is 1. The summed E-state index contributed by atoms with van der Waals surface area (Å²) in [4.78, 5) is 7.51. The Kier molecular flexibility index (Phi) is 8.37. The van der Waals surface area contributed by atoms with Gasteiger partial charge in [0.2, 0.25) is 0 Å². The number of allylic oxidation sites excluding steroid dienone is 3. The average Bonchev–Trinajstić information content (AvgIpc) is 3.41. The number of nitrogens with one attached hydrogen (secondary N) is 2. The molecule has 0 bridgehead atoms. The summed E-state index contributed by atoms with van der Waals surface area (Å²) < 4.78 is 13.5. The molecule has 2 N–H and O–H groups in total. The van der Waals surface area contributed by atoms with Crippen LogP contribution in [0.2, 0.25) is 0 Å². The highest BCUT2D eigenvalue weighted by Gasteiger charge is 2.16. The maximum absolute atomic E-state index is 13.5. The van der Waals surface area contributed by atoms with Crippen molar-refractivity contribution in [2.45, 2.75) is 33.1 Å². The normalized spacial score (nSPS) is 14.9. The molecule has 5 nitrogen and oxygen atoms in total. The third-order valence-electron chi connectivity index (χ3n) is 7.53. The van der Waals surface area contributed by atoms with Crippen LogP contribution in [-0.2, 0) is 0 Å². The largest absolute Gasteiger partial charge is 0.354 e. The first-order valence-corrected chi connectivity index (χ1v) is 13.9. The molecule has 40 heavy (non-hydrogen) atoms. The van der Waals surface area contributed by atoms with E-state index in [0.717, 1.165) is 64.3 Å². The van der Waals surface area contributed by atoms with Crippen LogP contribution in [0.5, 0.6) is 0 Å². The van der Waals surface area contributed by atoms with Gasteiger partial charge in [0, 0.05) is 12.2 Å². The van der Waals surface area contributed by atoms with Crippen LogP contribution in [0, 0.1) is 12.7 Å². The molecule has 0 atom stereocenters. The Morgan fingerprint density at radius 3 is 2.58 bits per heavy atom. The molecule has 3 heterocycles. The van der Waals surface area contributed by atoms with E-state index in [1.54, 1.807) is 12.1 Å². The topological polar surface area (TPSA) is 56.8 Å². The van der Waals surface area contributed by atoms with Crippen molar-refractivity contribution in [3.63, 3.8) is 0 Å². The second kappa shape index (κ2) is 12.3. The van der Waals surface area contributed by atoms with Gasteiger partial charge in [0.25, 0.3) is 0 Å². The Bertz CT molecular complexity index is 1590. The number of aromatic amines is 1. The third kappa shape index (κ3) is 5.97. The molecule has 4 aromatic rings. The molecule has 1 fully saturated rings. The summed E-state index contributed by atoms with van der Waals surface area (Å²) in [5.41, 5.74) is 9.94. The first kappa shape index (κ1) is 27.3. The molecule has 5 rings (SSSR count). The van der Waals surface area contributed by atoms with Gasteiger partial charge in [-0.25, -0.2) is 9.37 Å². The average molecular weight is 534 g/mol. The monoisotopic (exact) mass is 533 g/mol. The maximum atomic E-state index is 13.5. The number of likely N-dealkylation sites (tertiary alicyclic amines) is 1. The summed E-state index contributed by atoms with van der Waals surface area (Å²) in [6.07, 6.45) is 10.1. The number of piperidine rings is 1. The van der Waals surface area contributed by atoms with Gasteiger partial charge in [-0.3, -0.25) is 10.00 Å². The molecule has 6 heteroatoms. The third-order valence-corrected chi connectivity index (χ3v) is 7.53. The Morgan fingerprint density at radius 2 is 1.85 bits per heavy atom. The highest BCUT2D eigenvalue weighted by atomic mass is 19.1. The number of fused-ring (bicyclic) bond motifs is 1. The van der Waals surface area contributed by atoms with Crippen molar-refractivity contribution < 1.29 is 4.39 Å². The summed E-state index contributed by atoms with van der Waals surface area (Å²) in [5.74, 6) is -0.249. The fraction of sp³-hybridized carbons (Fsp3) is 0.235. The van der Waals surface area contributed by atoms with Gasteiger partial charge < -0.3 is 5.32 Å². The van der Waals surface area contributed by atoms with Crippen LogP contribution in [0.15, 0.2) is 91.6 Å². The minimum atomic E-state index is -0.249. The van der Waals surface area contributed by atoms with Gasteiger partial charge in [0.05, 0.1) is 16.9 Å². The van der Waals surface area contributed by atoms with Crippen molar-refractivity contribution in [2.24, 2.45) is 0 Å². The lowest BCUT2D eigenvalue weighted by atomic mass is 9.99. The number of anilines is 1. The van der Waals surface area contributed by atoms with E-state index in [1.807, 2.05) is 50.3 Å². The molecular weight excluding hydrogens is 497 g/mol. The minimum Gasteiger partial charge on any atom is -0.354 e. The van der Waals surface area contributed by atoms with Crippen molar-refractivity contribution >= 4 is 28.0 Å². The van der Waals surface area contributed by atoms with Crippen LogP contribution in [0.1, 0.15) is 43.1 Å². The maximum Gasteiger partial charge on any atom is 0.134 e. The van der Waals surface area contributed by atoms with Crippen LogP contribution in [0.4, 0.5) is 10.1 Å². The Hall–Kier alpha value is -4.29. The van der Waals surface area contributed by atoms with E-state index in [4.69, 9.17) is 4.98 Å². The van der Waals surface area contributed by atoms with Crippen LogP contribution in [0.25, 0.3) is 33.4 Å². The lowest BCUT2D eigenvalue weighted by Crippen LogP contribution is -2.31. The van der Waals surface area contributed by atoms with E-state index in [-0.39, 0.29) is 5.82 Å². The highest BCUT2D eigenvalue weighted by molar-refractivity contribution is 5.92. The standard InChI is InChI=1S/C34H36FN5/c1-5-25(22-40-19-8-7-9-20-40)21-26(6-2)31-17-18-32-34(37-31)33(39-38-32)24(4)36-30-12-10-11-29(23(30)3)27-13-15-28(35)16-14-27/h5-6,10-18,21,36H,1,4,7-9,19-20,22H2,2-3H3,(H,38,39)/b25-21+,26-6+. The van der Waals surface area contributed by atoms with E-state index in [0.29, 0.717) is 11.4 Å². The molecule has 0 unspecified atom stereocenters. The Morgan fingerprint density at radius 1 is 1.07 bits per heavy atom.